The Labute approximate surface area is 154 Å². The van der Waals surface area contributed by atoms with E-state index in [9.17, 15) is 21.6 Å². The predicted octanol–water partition coefficient (Wildman–Crippen LogP) is 0.936. The zero-order chi connectivity index (χ0) is 18.2. The van der Waals surface area contributed by atoms with Crippen molar-refractivity contribution in [2.75, 3.05) is 19.6 Å². The molecule has 0 bridgehead atoms. The van der Waals surface area contributed by atoms with Crippen LogP contribution in [0, 0.1) is 0 Å². The van der Waals surface area contributed by atoms with Crippen LogP contribution in [0.2, 0.25) is 0 Å². The van der Waals surface area contributed by atoms with Crippen LogP contribution in [0.1, 0.15) is 11.9 Å². The number of hydrogen-bond acceptors (Lipinski definition) is 5. The van der Waals surface area contributed by atoms with E-state index in [2.05, 4.69) is 15.4 Å². The molecule has 0 aliphatic carbocycles. The van der Waals surface area contributed by atoms with E-state index in [4.69, 9.17) is 0 Å². The zero-order valence-electron chi connectivity index (χ0n) is 13.7. The minimum absolute atomic E-state index is 0. The molecule has 0 saturated carbocycles. The first-order chi connectivity index (χ1) is 11.7. The fourth-order valence-corrected chi connectivity index (χ4v) is 4.32. The monoisotopic (exact) mass is 414 g/mol. The highest BCUT2D eigenvalue weighted by atomic mass is 35.5. The molecule has 13 heteroatoms. The summed E-state index contributed by atoms with van der Waals surface area (Å²) in [5, 5.41) is 6.63. The maximum Gasteiger partial charge on any atom is 0.408 e. The van der Waals surface area contributed by atoms with E-state index in [0.717, 1.165) is 12.4 Å². The second kappa shape index (κ2) is 7.55. The Hall–Kier alpha value is -1.63. The van der Waals surface area contributed by atoms with Gasteiger partial charge in [-0.25, -0.2) is 13.4 Å². The van der Waals surface area contributed by atoms with Crippen molar-refractivity contribution in [3.05, 3.63) is 30.6 Å². The van der Waals surface area contributed by atoms with Gasteiger partial charge in [0.25, 0.3) is 0 Å². The van der Waals surface area contributed by atoms with E-state index in [1.54, 1.807) is 24.0 Å². The van der Waals surface area contributed by atoms with Gasteiger partial charge in [-0.05, 0) is 0 Å². The molecule has 2 aromatic heterocycles. The van der Waals surface area contributed by atoms with Crippen LogP contribution in [0.15, 0.2) is 29.7 Å². The number of piperazine rings is 1. The van der Waals surface area contributed by atoms with Gasteiger partial charge in [0.2, 0.25) is 10.0 Å². The maximum absolute atomic E-state index is 12.9. The summed E-state index contributed by atoms with van der Waals surface area (Å²) in [5.74, 6) is 0.554. The molecule has 26 heavy (non-hydrogen) atoms. The number of hydrogen-bond donors (Lipinski definition) is 1. The van der Waals surface area contributed by atoms with Crippen molar-refractivity contribution < 1.29 is 21.6 Å². The zero-order valence-corrected chi connectivity index (χ0v) is 15.4. The second-order valence-electron chi connectivity index (χ2n) is 5.72. The first-order valence-electron chi connectivity index (χ1n) is 7.47. The molecular weight excluding hydrogens is 397 g/mol. The summed E-state index contributed by atoms with van der Waals surface area (Å²) >= 11 is 0. The van der Waals surface area contributed by atoms with E-state index in [1.807, 2.05) is 0 Å². The minimum Gasteiger partial charge on any atom is -0.337 e. The predicted molar refractivity (Wildman–Crippen MR) is 88.2 cm³/mol. The third-order valence-electron chi connectivity index (χ3n) is 3.91. The van der Waals surface area contributed by atoms with E-state index in [-0.39, 0.29) is 23.8 Å². The van der Waals surface area contributed by atoms with Crippen molar-refractivity contribution in [3.63, 3.8) is 0 Å². The molecule has 1 atom stereocenters. The van der Waals surface area contributed by atoms with Gasteiger partial charge in [-0.2, -0.15) is 22.6 Å². The Bertz CT molecular complexity index is 850. The average molecular weight is 415 g/mol. The number of rotatable bonds is 4. The van der Waals surface area contributed by atoms with Gasteiger partial charge in [0.1, 0.15) is 17.3 Å². The first-order valence-corrected chi connectivity index (χ1v) is 8.91. The van der Waals surface area contributed by atoms with Crippen molar-refractivity contribution in [3.8, 4) is 0 Å². The Morgan fingerprint density at radius 3 is 2.73 bits per heavy atom. The number of nitrogens with zero attached hydrogens (tertiary/aromatic N) is 5. The van der Waals surface area contributed by atoms with Crippen LogP contribution in [0.25, 0.3) is 0 Å². The second-order valence-corrected chi connectivity index (χ2v) is 7.61. The standard InChI is InChI=1S/C13H17F3N6O2S.ClH/c1-20-4-3-18-12(20)11-7-17-2-5-22(11)25(23,24)10-6-19-21(8-10)9-13(14,15)16;/h3-4,6,8,11,17H,2,5,7,9H2,1H3;1H. The molecule has 3 rings (SSSR count). The van der Waals surface area contributed by atoms with Gasteiger partial charge < -0.3 is 9.88 Å². The number of imidazole rings is 1. The lowest BCUT2D eigenvalue weighted by Crippen LogP contribution is -2.49. The molecule has 1 fully saturated rings. The first kappa shape index (κ1) is 20.7. The number of nitrogens with one attached hydrogen (secondary N) is 1. The lowest BCUT2D eigenvalue weighted by atomic mass is 10.2. The normalized spacial score (nSPS) is 19.3. The molecule has 1 saturated heterocycles. The van der Waals surface area contributed by atoms with Crippen molar-refractivity contribution in [2.24, 2.45) is 7.05 Å². The molecule has 0 aromatic carbocycles. The largest absolute Gasteiger partial charge is 0.408 e. The molecule has 1 N–H and O–H groups in total. The number of halogens is 4. The van der Waals surface area contributed by atoms with Crippen LogP contribution < -0.4 is 5.32 Å². The number of aromatic nitrogens is 4. The van der Waals surface area contributed by atoms with E-state index in [0.29, 0.717) is 23.6 Å². The van der Waals surface area contributed by atoms with Crippen LogP contribution in [-0.4, -0.2) is 57.9 Å². The molecule has 2 aromatic rings. The quantitative estimate of drug-likeness (QED) is 0.804. The highest BCUT2D eigenvalue weighted by Gasteiger charge is 2.37. The maximum atomic E-state index is 12.9. The molecule has 1 unspecified atom stereocenters. The van der Waals surface area contributed by atoms with Crippen molar-refractivity contribution in [1.82, 2.24) is 29.0 Å². The fourth-order valence-electron chi connectivity index (χ4n) is 2.78. The molecule has 146 valence electrons. The summed E-state index contributed by atoms with van der Waals surface area (Å²) in [6.07, 6.45) is 0.642. The summed E-state index contributed by atoms with van der Waals surface area (Å²) in [6, 6.07) is -0.551. The van der Waals surface area contributed by atoms with Crippen LogP contribution in [0.3, 0.4) is 0 Å². The molecule has 8 nitrogen and oxygen atoms in total. The van der Waals surface area contributed by atoms with Crippen LogP contribution in [-0.2, 0) is 23.6 Å². The Morgan fingerprint density at radius 1 is 1.38 bits per heavy atom. The summed E-state index contributed by atoms with van der Waals surface area (Å²) < 4.78 is 66.7. The third-order valence-corrected chi connectivity index (χ3v) is 5.77. The Balaban J connectivity index is 0.00000243. The fraction of sp³-hybridized carbons (Fsp3) is 0.538. The van der Waals surface area contributed by atoms with Crippen LogP contribution >= 0.6 is 12.4 Å². The summed E-state index contributed by atoms with van der Waals surface area (Å²) in [5.41, 5.74) is 0. The molecule has 0 amide bonds. The third kappa shape index (κ3) is 4.19. The van der Waals surface area contributed by atoms with E-state index < -0.39 is 28.8 Å². The Kier molecular flexibility index (Phi) is 6.00. The van der Waals surface area contributed by atoms with Gasteiger partial charge in [-0.15, -0.1) is 12.4 Å². The van der Waals surface area contributed by atoms with Gasteiger partial charge in [0.15, 0.2) is 0 Å². The number of sulfonamides is 1. The number of aryl methyl sites for hydroxylation is 1. The minimum atomic E-state index is -4.47. The lowest BCUT2D eigenvalue weighted by molar-refractivity contribution is -0.142. The van der Waals surface area contributed by atoms with Gasteiger partial charge in [-0.3, -0.25) is 4.68 Å². The van der Waals surface area contributed by atoms with E-state index >= 15 is 0 Å². The van der Waals surface area contributed by atoms with Gasteiger partial charge in [-0.1, -0.05) is 0 Å². The van der Waals surface area contributed by atoms with Crippen molar-refractivity contribution in [1.29, 1.82) is 0 Å². The lowest BCUT2D eigenvalue weighted by Gasteiger charge is -2.34. The average Bonchev–Trinajstić information content (AvgIpc) is 3.15. The number of alkyl halides is 3. The molecule has 0 radical (unpaired) electrons. The van der Waals surface area contributed by atoms with Gasteiger partial charge in [0, 0.05) is 45.3 Å². The van der Waals surface area contributed by atoms with E-state index in [1.165, 1.54) is 4.31 Å². The topological polar surface area (TPSA) is 85.1 Å². The molecule has 3 heterocycles. The molecule has 0 spiro atoms. The van der Waals surface area contributed by atoms with Crippen LogP contribution in [0.5, 0.6) is 0 Å². The van der Waals surface area contributed by atoms with Gasteiger partial charge in [0.05, 0.1) is 12.2 Å². The SMILES string of the molecule is Cl.Cn1ccnc1C1CNCCN1S(=O)(=O)c1cnn(CC(F)(F)F)c1. The summed E-state index contributed by atoms with van der Waals surface area (Å²) in [7, 11) is -2.25. The summed E-state index contributed by atoms with van der Waals surface area (Å²) in [4.78, 5) is 3.93. The van der Waals surface area contributed by atoms with Gasteiger partial charge >= 0.3 is 6.18 Å². The molecular formula is C13H18ClF3N6O2S. The van der Waals surface area contributed by atoms with Crippen molar-refractivity contribution >= 4 is 22.4 Å². The van der Waals surface area contributed by atoms with Crippen LogP contribution in [0.4, 0.5) is 13.2 Å². The smallest absolute Gasteiger partial charge is 0.337 e. The molecule has 1 aliphatic rings. The Morgan fingerprint density at radius 2 is 2.12 bits per heavy atom. The van der Waals surface area contributed by atoms with Crippen molar-refractivity contribution in [2.45, 2.75) is 23.7 Å². The summed E-state index contributed by atoms with van der Waals surface area (Å²) in [6.45, 7) is -0.352. The molecule has 1 aliphatic heterocycles. The highest BCUT2D eigenvalue weighted by molar-refractivity contribution is 7.89. The highest BCUT2D eigenvalue weighted by Crippen LogP contribution is 2.28.